The van der Waals surface area contributed by atoms with Crippen molar-refractivity contribution >= 4 is 23.2 Å². The van der Waals surface area contributed by atoms with Gasteiger partial charge >= 0.3 is 0 Å². The van der Waals surface area contributed by atoms with Crippen molar-refractivity contribution in [2.24, 2.45) is 0 Å². The summed E-state index contributed by atoms with van der Waals surface area (Å²) in [7, 11) is -0.702. The average Bonchev–Trinajstić information content (AvgIpc) is 2.08. The highest BCUT2D eigenvalue weighted by Crippen LogP contribution is 2.46. The first kappa shape index (κ1) is 7.24. The zero-order valence-corrected chi connectivity index (χ0v) is 7.80. The fourth-order valence-electron chi connectivity index (χ4n) is 0.652. The Balaban J connectivity index is 2.90. The Bertz CT molecular complexity index is 171. The summed E-state index contributed by atoms with van der Waals surface area (Å²) in [5, 5.41) is 2.15. The van der Waals surface area contributed by atoms with Crippen LogP contribution in [0.5, 0.6) is 0 Å². The summed E-state index contributed by atoms with van der Waals surface area (Å²) < 4.78 is 1.57. The third-order valence-corrected chi connectivity index (χ3v) is 5.27. The van der Waals surface area contributed by atoms with Crippen LogP contribution >= 0.6 is 18.6 Å². The summed E-state index contributed by atoms with van der Waals surface area (Å²) in [4.78, 5) is 0. The lowest BCUT2D eigenvalue weighted by molar-refractivity contribution is 1.98. The molecule has 0 atom stereocenters. The molecule has 1 aromatic heterocycles. The quantitative estimate of drug-likeness (QED) is 0.551. The third-order valence-electron chi connectivity index (χ3n) is 1.17. The van der Waals surface area contributed by atoms with Crippen LogP contribution in [0.4, 0.5) is 0 Å². The smallest absolute Gasteiger partial charge is 0.108 e. The maximum Gasteiger partial charge on any atom is 0.145 e. The largest absolute Gasteiger partial charge is 0.145 e. The van der Waals surface area contributed by atoms with Crippen LogP contribution in [-0.2, 0) is 0 Å². The number of rotatable bonds is 1. The SMILES string of the molecule is C[P+](C)(C)c1cccs1. The second kappa shape index (κ2) is 2.40. The Labute approximate surface area is 61.3 Å². The van der Waals surface area contributed by atoms with Crippen molar-refractivity contribution in [1.82, 2.24) is 0 Å². The molecule has 0 amide bonds. The van der Waals surface area contributed by atoms with Gasteiger partial charge in [-0.1, -0.05) is 0 Å². The molecule has 0 saturated heterocycles. The molecular weight excluding hydrogens is 147 g/mol. The molecule has 0 bridgehead atoms. The molecule has 1 heterocycles. The molecule has 2 heteroatoms. The fraction of sp³-hybridized carbons (Fsp3) is 0.429. The molecule has 50 valence electrons. The van der Waals surface area contributed by atoms with Gasteiger partial charge in [-0.05, 0) is 17.5 Å². The fourth-order valence-corrected chi connectivity index (χ4v) is 3.09. The number of thiophene rings is 1. The van der Waals surface area contributed by atoms with Crippen molar-refractivity contribution in [3.05, 3.63) is 17.5 Å². The second-order valence-corrected chi connectivity index (χ2v) is 8.72. The van der Waals surface area contributed by atoms with Crippen molar-refractivity contribution in [2.75, 3.05) is 20.0 Å². The van der Waals surface area contributed by atoms with E-state index in [1.54, 1.807) is 4.62 Å². The molecule has 0 aliphatic heterocycles. The minimum absolute atomic E-state index is 0.702. The summed E-state index contributed by atoms with van der Waals surface area (Å²) in [6, 6.07) is 4.36. The van der Waals surface area contributed by atoms with Crippen molar-refractivity contribution in [2.45, 2.75) is 0 Å². The van der Waals surface area contributed by atoms with E-state index in [9.17, 15) is 0 Å². The normalized spacial score (nSPS) is 11.9. The highest BCUT2D eigenvalue weighted by Gasteiger charge is 2.21. The van der Waals surface area contributed by atoms with Crippen molar-refractivity contribution in [3.63, 3.8) is 0 Å². The summed E-state index contributed by atoms with van der Waals surface area (Å²) >= 11 is 1.88. The molecule has 0 aromatic carbocycles. The van der Waals surface area contributed by atoms with E-state index in [1.165, 1.54) is 0 Å². The first-order valence-electron chi connectivity index (χ1n) is 2.96. The van der Waals surface area contributed by atoms with E-state index in [-0.39, 0.29) is 0 Å². The maximum atomic E-state index is 2.35. The van der Waals surface area contributed by atoms with E-state index in [1.807, 2.05) is 11.3 Å². The molecule has 1 rings (SSSR count). The second-order valence-electron chi connectivity index (χ2n) is 2.96. The molecule has 0 unspecified atom stereocenters. The first-order valence-corrected chi connectivity index (χ1v) is 6.97. The van der Waals surface area contributed by atoms with Gasteiger partial charge in [0.15, 0.2) is 0 Å². The lowest BCUT2D eigenvalue weighted by Gasteiger charge is -2.06. The van der Waals surface area contributed by atoms with Crippen LogP contribution in [0, 0.1) is 0 Å². The Morgan fingerprint density at radius 1 is 1.33 bits per heavy atom. The molecule has 9 heavy (non-hydrogen) atoms. The van der Waals surface area contributed by atoms with E-state index in [0.717, 1.165) is 0 Å². The molecule has 0 aliphatic rings. The first-order chi connectivity index (χ1) is 4.11. The predicted octanol–water partition coefficient (Wildman–Crippen LogP) is 2.28. The van der Waals surface area contributed by atoms with Gasteiger partial charge in [-0.15, -0.1) is 11.3 Å². The Morgan fingerprint density at radius 2 is 2.00 bits per heavy atom. The van der Waals surface area contributed by atoms with E-state index in [4.69, 9.17) is 0 Å². The molecule has 0 aliphatic carbocycles. The summed E-state index contributed by atoms with van der Waals surface area (Å²) in [6.07, 6.45) is 0. The summed E-state index contributed by atoms with van der Waals surface area (Å²) in [5.41, 5.74) is 0. The minimum atomic E-state index is -0.702. The maximum absolute atomic E-state index is 2.35. The highest BCUT2D eigenvalue weighted by molar-refractivity contribution is 7.85. The van der Waals surface area contributed by atoms with E-state index >= 15 is 0 Å². The highest BCUT2D eigenvalue weighted by atomic mass is 32.1. The summed E-state index contributed by atoms with van der Waals surface area (Å²) in [5.74, 6) is 0. The minimum Gasteiger partial charge on any atom is -0.108 e. The van der Waals surface area contributed by atoms with E-state index < -0.39 is 7.26 Å². The Hall–Kier alpha value is 0.130. The van der Waals surface area contributed by atoms with Crippen LogP contribution in [0.15, 0.2) is 17.5 Å². The zero-order valence-electron chi connectivity index (χ0n) is 6.09. The molecule has 0 nitrogen and oxygen atoms in total. The van der Waals surface area contributed by atoms with Gasteiger partial charge in [-0.2, -0.15) is 0 Å². The van der Waals surface area contributed by atoms with Crippen LogP contribution in [0.2, 0.25) is 0 Å². The van der Waals surface area contributed by atoms with Gasteiger partial charge in [0, 0.05) is 7.26 Å². The van der Waals surface area contributed by atoms with Crippen LogP contribution in [0.3, 0.4) is 0 Å². The van der Waals surface area contributed by atoms with Crippen molar-refractivity contribution < 1.29 is 0 Å². The van der Waals surface area contributed by atoms with Crippen LogP contribution in [0.1, 0.15) is 0 Å². The zero-order chi connectivity index (χ0) is 6.91. The number of hydrogen-bond donors (Lipinski definition) is 0. The van der Waals surface area contributed by atoms with Crippen LogP contribution in [-0.4, -0.2) is 20.0 Å². The van der Waals surface area contributed by atoms with Crippen LogP contribution in [0.25, 0.3) is 0 Å². The van der Waals surface area contributed by atoms with Gasteiger partial charge in [-0.25, -0.2) is 0 Å². The van der Waals surface area contributed by atoms with Gasteiger partial charge in [0.25, 0.3) is 0 Å². The molecule has 0 N–H and O–H groups in total. The predicted molar refractivity (Wildman–Crippen MR) is 48.6 cm³/mol. The molecule has 1 aromatic rings. The molecular formula is C7H12PS+. The standard InChI is InChI=1S/C7H12PS/c1-8(2,3)7-5-4-6-9-7/h4-6H,1-3H3/q+1. The van der Waals surface area contributed by atoms with Gasteiger partial charge in [0.2, 0.25) is 0 Å². The average molecular weight is 159 g/mol. The molecule has 0 spiro atoms. The lowest BCUT2D eigenvalue weighted by Crippen LogP contribution is -2.00. The third kappa shape index (κ3) is 1.77. The van der Waals surface area contributed by atoms with Gasteiger partial charge in [0.05, 0.1) is 20.0 Å². The topological polar surface area (TPSA) is 0 Å². The van der Waals surface area contributed by atoms with Crippen molar-refractivity contribution in [3.8, 4) is 0 Å². The van der Waals surface area contributed by atoms with Gasteiger partial charge < -0.3 is 0 Å². The Morgan fingerprint density at radius 3 is 2.22 bits per heavy atom. The molecule has 0 fully saturated rings. The van der Waals surface area contributed by atoms with E-state index in [2.05, 4.69) is 37.5 Å². The van der Waals surface area contributed by atoms with Gasteiger partial charge in [0.1, 0.15) is 4.62 Å². The number of hydrogen-bond acceptors (Lipinski definition) is 1. The van der Waals surface area contributed by atoms with Crippen molar-refractivity contribution in [1.29, 1.82) is 0 Å². The Kier molecular flexibility index (Phi) is 1.93. The monoisotopic (exact) mass is 159 g/mol. The van der Waals surface area contributed by atoms with E-state index in [0.29, 0.717) is 0 Å². The lowest BCUT2D eigenvalue weighted by atomic mass is 10.7. The summed E-state index contributed by atoms with van der Waals surface area (Å²) in [6.45, 7) is 7.04. The van der Waals surface area contributed by atoms with Crippen LogP contribution < -0.4 is 4.62 Å². The molecule has 0 radical (unpaired) electrons. The molecule has 0 saturated carbocycles. The van der Waals surface area contributed by atoms with Gasteiger partial charge in [-0.3, -0.25) is 0 Å².